The molecule has 0 spiro atoms. The molecule has 0 bridgehead atoms. The summed E-state index contributed by atoms with van der Waals surface area (Å²) in [5.41, 5.74) is 1.64. The minimum absolute atomic E-state index is 0.0595. The molecule has 0 unspecified atom stereocenters. The van der Waals surface area contributed by atoms with E-state index in [4.69, 9.17) is 9.84 Å². The molecule has 2 rings (SSSR count). The summed E-state index contributed by atoms with van der Waals surface area (Å²) >= 11 is 0. The van der Waals surface area contributed by atoms with Crippen LogP contribution >= 0.6 is 0 Å². The van der Waals surface area contributed by atoms with Crippen LogP contribution in [-0.2, 0) is 0 Å². The highest BCUT2D eigenvalue weighted by molar-refractivity contribution is 5.87. The molecule has 0 aliphatic heterocycles. The Morgan fingerprint density at radius 3 is 2.67 bits per heavy atom. The number of aromatic nitrogens is 3. The van der Waals surface area contributed by atoms with Crippen molar-refractivity contribution in [2.24, 2.45) is 0 Å². The number of rotatable bonds is 3. The Morgan fingerprint density at radius 1 is 1.22 bits per heavy atom. The maximum atomic E-state index is 10.8. The average Bonchev–Trinajstić information content (AvgIpc) is 2.34. The summed E-state index contributed by atoms with van der Waals surface area (Å²) in [6, 6.07) is 1.38. The van der Waals surface area contributed by atoms with Crippen LogP contribution in [0, 0.1) is 13.8 Å². The first-order chi connectivity index (χ1) is 8.56. The van der Waals surface area contributed by atoms with E-state index < -0.39 is 5.97 Å². The van der Waals surface area contributed by atoms with Crippen LogP contribution in [-0.4, -0.2) is 26.0 Å². The number of pyridine rings is 1. The van der Waals surface area contributed by atoms with Crippen LogP contribution in [0.2, 0.25) is 0 Å². The summed E-state index contributed by atoms with van der Waals surface area (Å²) in [5.74, 6) is -0.436. The van der Waals surface area contributed by atoms with Gasteiger partial charge in [-0.25, -0.2) is 9.78 Å². The molecule has 92 valence electrons. The first-order valence-electron chi connectivity index (χ1n) is 5.22. The monoisotopic (exact) mass is 245 g/mol. The van der Waals surface area contributed by atoms with E-state index in [-0.39, 0.29) is 5.56 Å². The van der Waals surface area contributed by atoms with Crippen molar-refractivity contribution >= 4 is 5.97 Å². The zero-order valence-corrected chi connectivity index (χ0v) is 9.91. The standard InChI is InChI=1S/C12H11N3O3/c1-7-8(2)15-11(6-14-7)18-10-3-9(12(16)17)4-13-5-10/h3-6H,1-2H3,(H,16,17). The maximum Gasteiger partial charge on any atom is 0.337 e. The molecule has 0 atom stereocenters. The summed E-state index contributed by atoms with van der Waals surface area (Å²) in [7, 11) is 0. The number of carboxylic acid groups (broad SMARTS) is 1. The zero-order chi connectivity index (χ0) is 13.1. The normalized spacial score (nSPS) is 10.1. The third-order valence-electron chi connectivity index (χ3n) is 2.35. The number of nitrogens with zero attached hydrogens (tertiary/aromatic N) is 3. The summed E-state index contributed by atoms with van der Waals surface area (Å²) in [6.07, 6.45) is 4.15. The third kappa shape index (κ3) is 2.60. The van der Waals surface area contributed by atoms with Gasteiger partial charge in [0, 0.05) is 6.20 Å². The molecular weight excluding hydrogens is 234 g/mol. The van der Waals surface area contributed by atoms with Crippen molar-refractivity contribution in [3.05, 3.63) is 41.6 Å². The summed E-state index contributed by atoms with van der Waals surface area (Å²) < 4.78 is 5.41. The first-order valence-corrected chi connectivity index (χ1v) is 5.22. The molecule has 0 saturated heterocycles. The highest BCUT2D eigenvalue weighted by Gasteiger charge is 2.07. The molecule has 0 radical (unpaired) electrons. The Morgan fingerprint density at radius 2 is 2.00 bits per heavy atom. The van der Waals surface area contributed by atoms with E-state index in [0.29, 0.717) is 11.6 Å². The molecule has 0 saturated carbocycles. The van der Waals surface area contributed by atoms with E-state index in [9.17, 15) is 4.79 Å². The van der Waals surface area contributed by atoms with Gasteiger partial charge in [0.25, 0.3) is 0 Å². The van der Waals surface area contributed by atoms with Crippen LogP contribution in [0.3, 0.4) is 0 Å². The minimum Gasteiger partial charge on any atom is -0.478 e. The van der Waals surface area contributed by atoms with Crippen LogP contribution in [0.1, 0.15) is 21.7 Å². The quantitative estimate of drug-likeness (QED) is 0.889. The number of hydrogen-bond donors (Lipinski definition) is 1. The highest BCUT2D eigenvalue weighted by atomic mass is 16.5. The predicted octanol–water partition coefficient (Wildman–Crippen LogP) is 1.98. The summed E-state index contributed by atoms with van der Waals surface area (Å²) in [4.78, 5) is 22.9. The van der Waals surface area contributed by atoms with Crippen molar-refractivity contribution < 1.29 is 14.6 Å². The van der Waals surface area contributed by atoms with Gasteiger partial charge in [-0.05, 0) is 19.9 Å². The fourth-order valence-corrected chi connectivity index (χ4v) is 1.28. The zero-order valence-electron chi connectivity index (χ0n) is 9.91. The van der Waals surface area contributed by atoms with Crippen molar-refractivity contribution in [3.8, 4) is 11.6 Å². The smallest absolute Gasteiger partial charge is 0.337 e. The molecule has 2 aromatic rings. The van der Waals surface area contributed by atoms with Gasteiger partial charge in [-0.15, -0.1) is 0 Å². The van der Waals surface area contributed by atoms with E-state index in [1.807, 2.05) is 13.8 Å². The lowest BCUT2D eigenvalue weighted by Gasteiger charge is -2.06. The first kappa shape index (κ1) is 12.0. The van der Waals surface area contributed by atoms with Gasteiger partial charge < -0.3 is 9.84 Å². The molecule has 0 fully saturated rings. The molecule has 6 heteroatoms. The number of carboxylic acids is 1. The Balaban J connectivity index is 2.25. The van der Waals surface area contributed by atoms with Crippen LogP contribution in [0.15, 0.2) is 24.7 Å². The fraction of sp³-hybridized carbons (Fsp3) is 0.167. The predicted molar refractivity (Wildman–Crippen MR) is 62.8 cm³/mol. The van der Waals surface area contributed by atoms with Gasteiger partial charge in [-0.1, -0.05) is 0 Å². The van der Waals surface area contributed by atoms with Crippen LogP contribution in [0.5, 0.6) is 11.6 Å². The third-order valence-corrected chi connectivity index (χ3v) is 2.35. The molecule has 18 heavy (non-hydrogen) atoms. The number of hydrogen-bond acceptors (Lipinski definition) is 5. The number of carbonyl (C=O) groups is 1. The molecule has 0 aliphatic carbocycles. The Bertz CT molecular complexity index is 599. The Hall–Kier alpha value is -2.50. The summed E-state index contributed by atoms with van der Waals surface area (Å²) in [6.45, 7) is 3.67. The SMILES string of the molecule is Cc1ncc(Oc2cncc(C(=O)O)c2)nc1C. The molecule has 0 aromatic carbocycles. The maximum absolute atomic E-state index is 10.8. The van der Waals surface area contributed by atoms with Crippen molar-refractivity contribution in [2.45, 2.75) is 13.8 Å². The van der Waals surface area contributed by atoms with Gasteiger partial charge in [0.15, 0.2) is 0 Å². The van der Waals surface area contributed by atoms with Crippen molar-refractivity contribution in [3.63, 3.8) is 0 Å². The van der Waals surface area contributed by atoms with Gasteiger partial charge >= 0.3 is 5.97 Å². The van der Waals surface area contributed by atoms with Crippen molar-refractivity contribution in [2.75, 3.05) is 0 Å². The lowest BCUT2D eigenvalue weighted by Crippen LogP contribution is -1.99. The van der Waals surface area contributed by atoms with Crippen LogP contribution in [0.25, 0.3) is 0 Å². The number of ether oxygens (including phenoxy) is 1. The van der Waals surface area contributed by atoms with E-state index in [1.54, 1.807) is 0 Å². The van der Waals surface area contributed by atoms with Gasteiger partial charge in [0.2, 0.25) is 5.88 Å². The van der Waals surface area contributed by atoms with Crippen LogP contribution in [0.4, 0.5) is 0 Å². The van der Waals surface area contributed by atoms with Gasteiger partial charge in [0.1, 0.15) is 5.75 Å². The Labute approximate surface area is 103 Å². The molecule has 6 nitrogen and oxygen atoms in total. The van der Waals surface area contributed by atoms with E-state index in [1.165, 1.54) is 24.7 Å². The van der Waals surface area contributed by atoms with Gasteiger partial charge in [-0.2, -0.15) is 0 Å². The minimum atomic E-state index is -1.06. The largest absolute Gasteiger partial charge is 0.478 e. The topological polar surface area (TPSA) is 85.2 Å². The van der Waals surface area contributed by atoms with Crippen LogP contribution < -0.4 is 4.74 Å². The highest BCUT2D eigenvalue weighted by Crippen LogP contribution is 2.19. The van der Waals surface area contributed by atoms with Gasteiger partial charge in [-0.3, -0.25) is 9.97 Å². The molecule has 0 aliphatic rings. The molecule has 2 aromatic heterocycles. The average molecular weight is 245 g/mol. The molecule has 1 N–H and O–H groups in total. The van der Waals surface area contributed by atoms with E-state index >= 15 is 0 Å². The molecule has 0 amide bonds. The van der Waals surface area contributed by atoms with E-state index in [0.717, 1.165) is 11.4 Å². The number of aromatic carboxylic acids is 1. The molecular formula is C12H11N3O3. The fourth-order valence-electron chi connectivity index (χ4n) is 1.28. The second kappa shape index (κ2) is 4.79. The second-order valence-electron chi connectivity index (χ2n) is 3.70. The lowest BCUT2D eigenvalue weighted by atomic mass is 10.3. The number of aryl methyl sites for hydroxylation is 2. The van der Waals surface area contributed by atoms with Gasteiger partial charge in [0.05, 0.1) is 29.3 Å². The van der Waals surface area contributed by atoms with Crippen molar-refractivity contribution in [1.82, 2.24) is 15.0 Å². The Kier molecular flexibility index (Phi) is 3.18. The lowest BCUT2D eigenvalue weighted by molar-refractivity contribution is 0.0696. The van der Waals surface area contributed by atoms with Crippen molar-refractivity contribution in [1.29, 1.82) is 0 Å². The molecule has 2 heterocycles. The second-order valence-corrected chi connectivity index (χ2v) is 3.70. The summed E-state index contributed by atoms with van der Waals surface area (Å²) in [5, 5.41) is 8.83. The van der Waals surface area contributed by atoms with E-state index in [2.05, 4.69) is 15.0 Å².